The van der Waals surface area contributed by atoms with Crippen molar-refractivity contribution in [1.82, 2.24) is 0 Å². The van der Waals surface area contributed by atoms with Crippen LogP contribution in [-0.4, -0.2) is 11.6 Å². The predicted octanol–water partition coefficient (Wildman–Crippen LogP) is 6.06. The van der Waals surface area contributed by atoms with Gasteiger partial charge in [-0.05, 0) is 79.1 Å². The van der Waals surface area contributed by atoms with Crippen molar-refractivity contribution in [3.8, 4) is 6.07 Å². The van der Waals surface area contributed by atoms with Gasteiger partial charge in [-0.3, -0.25) is 9.59 Å². The third-order valence-electron chi connectivity index (χ3n) is 10.9. The van der Waals surface area contributed by atoms with Crippen LogP contribution >= 0.6 is 0 Å². The lowest BCUT2D eigenvalue weighted by molar-refractivity contribution is -0.141. The van der Waals surface area contributed by atoms with Gasteiger partial charge in [-0.1, -0.05) is 52.7 Å². The standard InChI is InChI=1S/C28H37NO2/c1-16-6-9-26(3)10-7-20-24(21(26)12-16)22(30)13-23-27(20,4)11-8-19-17(2)25(31)18(15-29)14-28(19,23)5/h13-14,16-17,19-21,24H,6-12H2,1-5H3. The number of fused-ring (bicyclic) bond motifs is 7. The topological polar surface area (TPSA) is 57.9 Å². The smallest absolute Gasteiger partial charge is 0.176 e. The van der Waals surface area contributed by atoms with E-state index in [0.29, 0.717) is 34.5 Å². The summed E-state index contributed by atoms with van der Waals surface area (Å²) in [6.45, 7) is 11.4. The van der Waals surface area contributed by atoms with E-state index in [2.05, 4.69) is 33.8 Å². The fourth-order valence-corrected chi connectivity index (χ4v) is 9.03. The molecule has 9 atom stereocenters. The van der Waals surface area contributed by atoms with Gasteiger partial charge in [0.2, 0.25) is 0 Å². The van der Waals surface area contributed by atoms with Crippen molar-refractivity contribution in [2.24, 2.45) is 51.8 Å². The molecule has 0 heterocycles. The van der Waals surface area contributed by atoms with Crippen LogP contribution in [0.15, 0.2) is 23.3 Å². The van der Waals surface area contributed by atoms with Gasteiger partial charge in [0.05, 0.1) is 5.57 Å². The molecule has 0 aromatic rings. The van der Waals surface area contributed by atoms with Crippen molar-refractivity contribution in [3.63, 3.8) is 0 Å². The van der Waals surface area contributed by atoms with Crippen molar-refractivity contribution >= 4 is 11.6 Å². The maximum atomic E-state index is 13.8. The van der Waals surface area contributed by atoms with Crippen molar-refractivity contribution in [2.45, 2.75) is 79.6 Å². The number of nitriles is 1. The zero-order valence-electron chi connectivity index (χ0n) is 19.8. The summed E-state index contributed by atoms with van der Waals surface area (Å²) in [4.78, 5) is 26.5. The molecule has 3 nitrogen and oxygen atoms in total. The molecule has 31 heavy (non-hydrogen) atoms. The summed E-state index contributed by atoms with van der Waals surface area (Å²) in [5, 5.41) is 9.64. The van der Waals surface area contributed by atoms with E-state index in [1.165, 1.54) is 31.3 Å². The normalized spacial score (nSPS) is 51.4. The van der Waals surface area contributed by atoms with Crippen molar-refractivity contribution in [1.29, 1.82) is 5.26 Å². The number of hydrogen-bond donors (Lipinski definition) is 0. The number of Topliss-reactive ketones (excluding diaryl/α,β-unsaturated/α-hetero) is 1. The van der Waals surface area contributed by atoms with E-state index in [4.69, 9.17) is 0 Å². The highest BCUT2D eigenvalue weighted by Gasteiger charge is 2.63. The highest BCUT2D eigenvalue weighted by molar-refractivity contribution is 6.02. The fraction of sp³-hybridized carbons (Fsp3) is 0.750. The van der Waals surface area contributed by atoms with E-state index in [-0.39, 0.29) is 34.4 Å². The monoisotopic (exact) mass is 419 g/mol. The van der Waals surface area contributed by atoms with Crippen molar-refractivity contribution in [3.05, 3.63) is 23.3 Å². The van der Waals surface area contributed by atoms with Crippen LogP contribution in [-0.2, 0) is 9.59 Å². The molecule has 3 heteroatoms. The van der Waals surface area contributed by atoms with Crippen LogP contribution in [0.1, 0.15) is 79.6 Å². The summed E-state index contributed by atoms with van der Waals surface area (Å²) in [6, 6.07) is 2.16. The molecule has 0 amide bonds. The van der Waals surface area contributed by atoms with Crippen molar-refractivity contribution < 1.29 is 9.59 Å². The molecule has 0 aromatic carbocycles. The number of rotatable bonds is 0. The van der Waals surface area contributed by atoms with E-state index < -0.39 is 0 Å². The largest absolute Gasteiger partial charge is 0.295 e. The summed E-state index contributed by atoms with van der Waals surface area (Å²) < 4.78 is 0. The van der Waals surface area contributed by atoms with E-state index >= 15 is 0 Å². The number of allylic oxidation sites excluding steroid dienone is 4. The summed E-state index contributed by atoms with van der Waals surface area (Å²) in [5.74, 6) is 2.10. The number of hydrogen-bond acceptors (Lipinski definition) is 3. The molecule has 5 rings (SSSR count). The third-order valence-corrected chi connectivity index (χ3v) is 10.9. The average molecular weight is 420 g/mol. The second-order valence-electron chi connectivity index (χ2n) is 12.4. The zero-order chi connectivity index (χ0) is 22.3. The van der Waals surface area contributed by atoms with E-state index in [1.54, 1.807) is 0 Å². The first-order valence-corrected chi connectivity index (χ1v) is 12.5. The van der Waals surface area contributed by atoms with Gasteiger partial charge < -0.3 is 0 Å². The molecular weight excluding hydrogens is 382 g/mol. The highest BCUT2D eigenvalue weighted by Crippen LogP contribution is 2.68. The average Bonchev–Trinajstić information content (AvgIpc) is 2.72. The summed E-state index contributed by atoms with van der Waals surface area (Å²) in [6.07, 6.45) is 12.1. The first kappa shape index (κ1) is 21.2. The second-order valence-corrected chi connectivity index (χ2v) is 12.4. The van der Waals surface area contributed by atoms with Gasteiger partial charge in [-0.25, -0.2) is 0 Å². The molecule has 0 aliphatic heterocycles. The highest BCUT2D eigenvalue weighted by atomic mass is 16.1. The van der Waals surface area contributed by atoms with Gasteiger partial charge in [0.1, 0.15) is 6.07 Å². The van der Waals surface area contributed by atoms with Crippen LogP contribution in [0.3, 0.4) is 0 Å². The quantitative estimate of drug-likeness (QED) is 0.480. The van der Waals surface area contributed by atoms with Gasteiger partial charge in [0.25, 0.3) is 0 Å². The van der Waals surface area contributed by atoms with Gasteiger partial charge in [-0.2, -0.15) is 5.26 Å². The van der Waals surface area contributed by atoms with Crippen molar-refractivity contribution in [2.75, 3.05) is 0 Å². The number of nitrogens with zero attached hydrogens (tertiary/aromatic N) is 1. The molecule has 9 unspecified atom stereocenters. The molecule has 0 saturated heterocycles. The van der Waals surface area contributed by atoms with Gasteiger partial charge in [0.15, 0.2) is 11.6 Å². The Hall–Kier alpha value is -1.69. The molecule has 0 bridgehead atoms. The lowest BCUT2D eigenvalue weighted by atomic mass is 9.40. The van der Waals surface area contributed by atoms with E-state index in [9.17, 15) is 14.9 Å². The van der Waals surface area contributed by atoms with Gasteiger partial charge in [0, 0.05) is 17.3 Å². The van der Waals surface area contributed by atoms with Crippen LogP contribution in [0.25, 0.3) is 0 Å². The molecule has 5 aliphatic carbocycles. The SMILES string of the molecule is CC1CCC2(C)CCC3C(C(=O)C=C4C5(C)C=C(C#N)C(=O)C(C)C5CCC43C)C2C1. The fourth-order valence-electron chi connectivity index (χ4n) is 9.03. The van der Waals surface area contributed by atoms with E-state index in [1.807, 2.05) is 19.1 Å². The summed E-state index contributed by atoms with van der Waals surface area (Å²) >= 11 is 0. The Morgan fingerprint density at radius 1 is 0.968 bits per heavy atom. The molecule has 0 radical (unpaired) electrons. The maximum Gasteiger partial charge on any atom is 0.176 e. The van der Waals surface area contributed by atoms with Crippen LogP contribution in [0.2, 0.25) is 0 Å². The Morgan fingerprint density at radius 2 is 1.65 bits per heavy atom. The number of carbonyl (C=O) groups is 2. The van der Waals surface area contributed by atoms with Crippen LogP contribution in [0, 0.1) is 63.1 Å². The van der Waals surface area contributed by atoms with Gasteiger partial charge in [-0.15, -0.1) is 0 Å². The minimum Gasteiger partial charge on any atom is -0.295 e. The van der Waals surface area contributed by atoms with E-state index in [0.717, 1.165) is 19.3 Å². The molecule has 0 aromatic heterocycles. The van der Waals surface area contributed by atoms with Crippen LogP contribution in [0.4, 0.5) is 0 Å². The minimum atomic E-state index is -0.368. The molecule has 0 N–H and O–H groups in total. The van der Waals surface area contributed by atoms with Crippen LogP contribution < -0.4 is 0 Å². The molecule has 3 fully saturated rings. The minimum absolute atomic E-state index is 0.0109. The molecule has 166 valence electrons. The first-order valence-electron chi connectivity index (χ1n) is 12.5. The Kier molecular flexibility index (Phi) is 4.55. The van der Waals surface area contributed by atoms with Crippen LogP contribution in [0.5, 0.6) is 0 Å². The third kappa shape index (κ3) is 2.69. The molecule has 0 spiro atoms. The lowest BCUT2D eigenvalue weighted by Gasteiger charge is -2.63. The Morgan fingerprint density at radius 3 is 2.35 bits per heavy atom. The Labute approximate surface area is 187 Å². The van der Waals surface area contributed by atoms with Gasteiger partial charge >= 0.3 is 0 Å². The predicted molar refractivity (Wildman–Crippen MR) is 121 cm³/mol. The number of carbonyl (C=O) groups excluding carboxylic acids is 2. The molecule has 5 aliphatic rings. The zero-order valence-corrected chi connectivity index (χ0v) is 19.8. The summed E-state index contributed by atoms with van der Waals surface area (Å²) in [5.41, 5.74) is 1.45. The lowest BCUT2D eigenvalue weighted by Crippen LogP contribution is -2.58. The second kappa shape index (κ2) is 6.66. The maximum absolute atomic E-state index is 13.8. The Bertz CT molecular complexity index is 953. The molecule has 3 saturated carbocycles. The first-order chi connectivity index (χ1) is 14.5. The number of ketones is 2. The Balaban J connectivity index is 1.63. The summed E-state index contributed by atoms with van der Waals surface area (Å²) in [7, 11) is 0. The molecular formula is C28H37NO2.